The van der Waals surface area contributed by atoms with Crippen LogP contribution in [0.5, 0.6) is 0 Å². The van der Waals surface area contributed by atoms with Crippen LogP contribution in [-0.2, 0) is 13.6 Å². The number of imidazole rings is 1. The average Bonchev–Trinajstić information content (AvgIpc) is 3.02. The summed E-state index contributed by atoms with van der Waals surface area (Å²) in [6.07, 6.45) is 1.79. The van der Waals surface area contributed by atoms with E-state index in [4.69, 9.17) is 9.97 Å². The zero-order valence-electron chi connectivity index (χ0n) is 13.6. The third-order valence-electron chi connectivity index (χ3n) is 4.14. The maximum atomic E-state index is 4.77. The molecule has 0 bridgehead atoms. The van der Waals surface area contributed by atoms with E-state index in [9.17, 15) is 0 Å². The van der Waals surface area contributed by atoms with E-state index < -0.39 is 0 Å². The molecule has 1 aliphatic rings. The van der Waals surface area contributed by atoms with Crippen LogP contribution < -0.4 is 10.2 Å². The number of nitrogens with zero attached hydrogens (tertiary/aromatic N) is 5. The van der Waals surface area contributed by atoms with E-state index >= 15 is 0 Å². The van der Waals surface area contributed by atoms with E-state index in [1.165, 1.54) is 5.56 Å². The Morgan fingerprint density at radius 2 is 1.92 bits per heavy atom. The summed E-state index contributed by atoms with van der Waals surface area (Å²) in [7, 11) is 1.97. The molecule has 1 aromatic carbocycles. The Balaban J connectivity index is 1.67. The lowest BCUT2D eigenvalue weighted by atomic mass is 10.2. The number of rotatable bonds is 4. The number of aryl methyl sites for hydroxylation is 1. The van der Waals surface area contributed by atoms with Gasteiger partial charge in [-0.25, -0.2) is 4.98 Å². The first kappa shape index (κ1) is 15.3. The maximum absolute atomic E-state index is 4.77. The van der Waals surface area contributed by atoms with Crippen molar-refractivity contribution in [2.75, 3.05) is 34.8 Å². The van der Waals surface area contributed by atoms with Gasteiger partial charge in [0.05, 0.1) is 6.33 Å². The zero-order valence-corrected chi connectivity index (χ0v) is 14.5. The fraction of sp³-hybridized carbons (Fsp3) is 0.353. The molecule has 0 spiro atoms. The first-order valence-corrected chi connectivity index (χ1v) is 9.26. The molecule has 0 radical (unpaired) electrons. The van der Waals surface area contributed by atoms with Crippen molar-refractivity contribution in [2.24, 2.45) is 7.05 Å². The third-order valence-corrected chi connectivity index (χ3v) is 5.09. The number of benzene rings is 1. The second kappa shape index (κ2) is 6.68. The second-order valence-corrected chi connectivity index (χ2v) is 7.06. The van der Waals surface area contributed by atoms with Gasteiger partial charge in [0.1, 0.15) is 0 Å². The smallest absolute Gasteiger partial charge is 0.229 e. The molecule has 7 heteroatoms. The van der Waals surface area contributed by atoms with E-state index in [1.54, 1.807) is 6.33 Å². The lowest BCUT2D eigenvalue weighted by Crippen LogP contribution is -2.34. The van der Waals surface area contributed by atoms with Crippen molar-refractivity contribution in [2.45, 2.75) is 6.54 Å². The molecule has 0 atom stereocenters. The molecule has 4 rings (SSSR count). The Labute approximate surface area is 145 Å². The minimum absolute atomic E-state index is 0.721. The quantitative estimate of drug-likeness (QED) is 0.788. The standard InChI is InChI=1S/C17H20N6S/c1-22-12-19-14-15(18-11-13-5-3-2-4-6-13)20-17(21-16(14)22)23-7-9-24-10-8-23/h2-6,12H,7-11H2,1H3,(H,18,20,21). The third kappa shape index (κ3) is 3.03. The zero-order chi connectivity index (χ0) is 16.4. The minimum Gasteiger partial charge on any atom is -0.364 e. The molecule has 124 valence electrons. The minimum atomic E-state index is 0.721. The number of hydrogen-bond acceptors (Lipinski definition) is 6. The molecule has 3 heterocycles. The number of nitrogens with one attached hydrogen (secondary N) is 1. The summed E-state index contributed by atoms with van der Waals surface area (Å²) in [6.45, 7) is 2.71. The summed E-state index contributed by atoms with van der Waals surface area (Å²) in [5.74, 6) is 3.85. The summed E-state index contributed by atoms with van der Waals surface area (Å²) in [4.78, 5) is 16.2. The van der Waals surface area contributed by atoms with Gasteiger partial charge in [0.25, 0.3) is 0 Å². The largest absolute Gasteiger partial charge is 0.364 e. The lowest BCUT2D eigenvalue weighted by molar-refractivity contribution is 0.814. The van der Waals surface area contributed by atoms with Crippen LogP contribution in [0.15, 0.2) is 36.7 Å². The first-order valence-electron chi connectivity index (χ1n) is 8.11. The molecule has 0 amide bonds. The molecule has 24 heavy (non-hydrogen) atoms. The highest BCUT2D eigenvalue weighted by Gasteiger charge is 2.18. The average molecular weight is 340 g/mol. The number of thioether (sulfide) groups is 1. The molecule has 3 aromatic rings. The summed E-state index contributed by atoms with van der Waals surface area (Å²) in [6, 6.07) is 10.3. The molecule has 0 saturated carbocycles. The number of hydrogen-bond donors (Lipinski definition) is 1. The van der Waals surface area contributed by atoms with E-state index in [2.05, 4.69) is 27.3 Å². The molecular formula is C17H20N6S. The summed E-state index contributed by atoms with van der Waals surface area (Å²) in [5, 5.41) is 3.44. The lowest BCUT2D eigenvalue weighted by Gasteiger charge is -2.26. The Kier molecular flexibility index (Phi) is 4.25. The Hall–Kier alpha value is -2.28. The van der Waals surface area contributed by atoms with E-state index in [0.717, 1.165) is 54.1 Å². The summed E-state index contributed by atoms with van der Waals surface area (Å²) < 4.78 is 1.95. The van der Waals surface area contributed by atoms with Crippen LogP contribution in [0.4, 0.5) is 11.8 Å². The van der Waals surface area contributed by atoms with Gasteiger partial charge in [-0.15, -0.1) is 0 Å². The highest BCUT2D eigenvalue weighted by molar-refractivity contribution is 7.99. The maximum Gasteiger partial charge on any atom is 0.229 e. The molecule has 1 fully saturated rings. The van der Waals surface area contributed by atoms with Gasteiger partial charge in [0, 0.05) is 38.2 Å². The number of anilines is 2. The fourth-order valence-electron chi connectivity index (χ4n) is 2.81. The van der Waals surface area contributed by atoms with Gasteiger partial charge in [-0.3, -0.25) is 0 Å². The summed E-state index contributed by atoms with van der Waals surface area (Å²) >= 11 is 1.98. The normalized spacial score (nSPS) is 15.0. The van der Waals surface area contributed by atoms with E-state index in [1.807, 2.05) is 41.6 Å². The van der Waals surface area contributed by atoms with Gasteiger partial charge < -0.3 is 14.8 Å². The SMILES string of the molecule is Cn1cnc2c(NCc3ccccc3)nc(N3CCSCC3)nc21. The van der Waals surface area contributed by atoms with Gasteiger partial charge >= 0.3 is 0 Å². The molecule has 0 unspecified atom stereocenters. The first-order chi connectivity index (χ1) is 11.8. The van der Waals surface area contributed by atoms with Crippen molar-refractivity contribution < 1.29 is 0 Å². The predicted octanol–water partition coefficient (Wildman–Crippen LogP) is 2.53. The molecule has 6 nitrogen and oxygen atoms in total. The second-order valence-electron chi connectivity index (χ2n) is 5.84. The van der Waals surface area contributed by atoms with Crippen LogP contribution in [0.3, 0.4) is 0 Å². The van der Waals surface area contributed by atoms with E-state index in [0.29, 0.717) is 0 Å². The van der Waals surface area contributed by atoms with Crippen molar-refractivity contribution in [3.05, 3.63) is 42.2 Å². The van der Waals surface area contributed by atoms with Crippen LogP contribution in [0, 0.1) is 0 Å². The van der Waals surface area contributed by atoms with Gasteiger partial charge in [-0.1, -0.05) is 30.3 Å². The Morgan fingerprint density at radius 3 is 2.71 bits per heavy atom. The molecule has 1 N–H and O–H groups in total. The molecular weight excluding hydrogens is 320 g/mol. The number of fused-ring (bicyclic) bond motifs is 1. The van der Waals surface area contributed by atoms with Crippen LogP contribution in [-0.4, -0.2) is 44.1 Å². The number of aromatic nitrogens is 4. The molecule has 1 saturated heterocycles. The summed E-state index contributed by atoms with van der Waals surface area (Å²) in [5.41, 5.74) is 2.91. The van der Waals surface area contributed by atoms with Gasteiger partial charge in [-0.05, 0) is 5.56 Å². The van der Waals surface area contributed by atoms with Crippen molar-refractivity contribution in [3.63, 3.8) is 0 Å². The van der Waals surface area contributed by atoms with Crippen molar-refractivity contribution >= 4 is 34.7 Å². The topological polar surface area (TPSA) is 58.9 Å². The van der Waals surface area contributed by atoms with Crippen LogP contribution in [0.1, 0.15) is 5.56 Å². The molecule has 0 aliphatic carbocycles. The molecule has 2 aromatic heterocycles. The van der Waals surface area contributed by atoms with Gasteiger partial charge in [0.2, 0.25) is 5.95 Å². The Morgan fingerprint density at radius 1 is 1.12 bits per heavy atom. The van der Waals surface area contributed by atoms with Crippen molar-refractivity contribution in [1.82, 2.24) is 19.5 Å². The Bertz CT molecular complexity index is 826. The van der Waals surface area contributed by atoms with Crippen molar-refractivity contribution in [3.8, 4) is 0 Å². The van der Waals surface area contributed by atoms with Crippen LogP contribution >= 0.6 is 11.8 Å². The fourth-order valence-corrected chi connectivity index (χ4v) is 3.71. The highest BCUT2D eigenvalue weighted by atomic mass is 32.2. The van der Waals surface area contributed by atoms with Gasteiger partial charge in [-0.2, -0.15) is 21.7 Å². The van der Waals surface area contributed by atoms with Crippen LogP contribution in [0.25, 0.3) is 11.2 Å². The monoisotopic (exact) mass is 340 g/mol. The molecule has 1 aliphatic heterocycles. The van der Waals surface area contributed by atoms with Crippen molar-refractivity contribution in [1.29, 1.82) is 0 Å². The van der Waals surface area contributed by atoms with Gasteiger partial charge in [0.15, 0.2) is 17.0 Å². The van der Waals surface area contributed by atoms with Crippen LogP contribution in [0.2, 0.25) is 0 Å². The highest BCUT2D eigenvalue weighted by Crippen LogP contribution is 2.24. The predicted molar refractivity (Wildman–Crippen MR) is 99.6 cm³/mol. The van der Waals surface area contributed by atoms with E-state index in [-0.39, 0.29) is 0 Å².